The number of aromatic nitrogens is 3. The number of fused-ring (bicyclic) bond motifs is 1. The summed E-state index contributed by atoms with van der Waals surface area (Å²) in [5.74, 6) is 0.256. The molecule has 0 bridgehead atoms. The second-order valence-corrected chi connectivity index (χ2v) is 8.03. The van der Waals surface area contributed by atoms with Crippen molar-refractivity contribution in [3.8, 4) is 0 Å². The lowest BCUT2D eigenvalue weighted by atomic mass is 9.95. The van der Waals surface area contributed by atoms with Crippen molar-refractivity contribution in [2.24, 2.45) is 20.0 Å². The van der Waals surface area contributed by atoms with Crippen molar-refractivity contribution in [3.05, 3.63) is 38.7 Å². The summed E-state index contributed by atoms with van der Waals surface area (Å²) >= 11 is 0. The maximum Gasteiger partial charge on any atom is 0.332 e. The Bertz CT molecular complexity index is 1050. The Labute approximate surface area is 168 Å². The number of hydrogen-bond acceptors (Lipinski definition) is 6. The highest BCUT2D eigenvalue weighted by Crippen LogP contribution is 2.25. The van der Waals surface area contributed by atoms with Gasteiger partial charge in [0.15, 0.2) is 0 Å². The van der Waals surface area contributed by atoms with Crippen LogP contribution in [0.2, 0.25) is 0 Å². The topological polar surface area (TPSA) is 89.7 Å². The lowest BCUT2D eigenvalue weighted by molar-refractivity contribution is -0.144. The SMILES string of the molecule is CN1CCC(C(=O)N2CCO[C@H](c3ccc4c(=O)n(C)c(=O)n(C)c4n3)C2)CC1. The zero-order valence-corrected chi connectivity index (χ0v) is 17.1. The van der Waals surface area contributed by atoms with Gasteiger partial charge in [0, 0.05) is 26.6 Å². The fourth-order valence-electron chi connectivity index (χ4n) is 4.19. The molecule has 29 heavy (non-hydrogen) atoms. The molecule has 2 aliphatic heterocycles. The quantitative estimate of drug-likeness (QED) is 0.697. The number of carbonyl (C=O) groups excluding carboxylic acids is 1. The van der Waals surface area contributed by atoms with Gasteiger partial charge in [0.2, 0.25) is 5.91 Å². The number of pyridine rings is 1. The standard InChI is InChI=1S/C20H27N5O4/c1-22-8-6-13(7-9-22)18(26)25-10-11-29-16(12-25)15-5-4-14-17(21-15)23(2)20(28)24(3)19(14)27/h4-5,13,16H,6-12H2,1-3H3/t16-/m0/s1. The fourth-order valence-corrected chi connectivity index (χ4v) is 4.19. The van der Waals surface area contributed by atoms with Crippen LogP contribution in [0.1, 0.15) is 24.6 Å². The Morgan fingerprint density at radius 2 is 1.79 bits per heavy atom. The smallest absolute Gasteiger partial charge is 0.332 e. The summed E-state index contributed by atoms with van der Waals surface area (Å²) in [7, 11) is 5.13. The molecule has 1 atom stereocenters. The van der Waals surface area contributed by atoms with E-state index in [1.54, 1.807) is 19.2 Å². The third-order valence-electron chi connectivity index (χ3n) is 6.10. The van der Waals surface area contributed by atoms with Gasteiger partial charge in [-0.1, -0.05) is 0 Å². The van der Waals surface area contributed by atoms with E-state index in [1.165, 1.54) is 11.6 Å². The Morgan fingerprint density at radius 3 is 2.52 bits per heavy atom. The first kappa shape index (κ1) is 19.8. The van der Waals surface area contributed by atoms with Crippen molar-refractivity contribution >= 4 is 16.9 Å². The van der Waals surface area contributed by atoms with Gasteiger partial charge < -0.3 is 14.5 Å². The fraction of sp³-hybridized carbons (Fsp3) is 0.600. The molecule has 0 saturated carbocycles. The molecule has 9 nitrogen and oxygen atoms in total. The molecule has 156 valence electrons. The second kappa shape index (κ2) is 7.72. The Balaban J connectivity index is 1.58. The van der Waals surface area contributed by atoms with Gasteiger partial charge in [0.05, 0.1) is 24.2 Å². The van der Waals surface area contributed by atoms with E-state index in [2.05, 4.69) is 16.9 Å². The van der Waals surface area contributed by atoms with Crippen LogP contribution in [0, 0.1) is 5.92 Å². The van der Waals surface area contributed by atoms with E-state index < -0.39 is 5.69 Å². The number of aryl methyl sites for hydroxylation is 1. The van der Waals surface area contributed by atoms with Crippen LogP contribution in [0.25, 0.3) is 11.0 Å². The maximum absolute atomic E-state index is 13.0. The van der Waals surface area contributed by atoms with Gasteiger partial charge >= 0.3 is 5.69 Å². The van der Waals surface area contributed by atoms with Crippen molar-refractivity contribution in [1.29, 1.82) is 0 Å². The Kier molecular flexibility index (Phi) is 5.26. The van der Waals surface area contributed by atoms with Crippen LogP contribution in [0.5, 0.6) is 0 Å². The lowest BCUT2D eigenvalue weighted by Gasteiger charge is -2.37. The molecule has 2 fully saturated rings. The third-order valence-corrected chi connectivity index (χ3v) is 6.10. The summed E-state index contributed by atoms with van der Waals surface area (Å²) in [6.07, 6.45) is 1.40. The van der Waals surface area contributed by atoms with Crippen molar-refractivity contribution in [2.45, 2.75) is 18.9 Å². The molecule has 4 rings (SSSR count). The average molecular weight is 401 g/mol. The van der Waals surface area contributed by atoms with Crippen LogP contribution in [-0.4, -0.2) is 69.7 Å². The largest absolute Gasteiger partial charge is 0.368 e. The van der Waals surface area contributed by atoms with E-state index in [0.29, 0.717) is 36.4 Å². The van der Waals surface area contributed by atoms with Gasteiger partial charge in [-0.15, -0.1) is 0 Å². The van der Waals surface area contributed by atoms with E-state index >= 15 is 0 Å². The van der Waals surface area contributed by atoms with Gasteiger partial charge in [-0.25, -0.2) is 9.78 Å². The minimum atomic E-state index is -0.421. The second-order valence-electron chi connectivity index (χ2n) is 8.03. The van der Waals surface area contributed by atoms with Crippen LogP contribution >= 0.6 is 0 Å². The number of hydrogen-bond donors (Lipinski definition) is 0. The molecule has 9 heteroatoms. The van der Waals surface area contributed by atoms with Crippen molar-refractivity contribution < 1.29 is 9.53 Å². The molecule has 0 unspecified atom stereocenters. The van der Waals surface area contributed by atoms with E-state index in [0.717, 1.165) is 30.5 Å². The maximum atomic E-state index is 13.0. The van der Waals surface area contributed by atoms with Gasteiger partial charge in [-0.05, 0) is 45.1 Å². The predicted molar refractivity (Wildman–Crippen MR) is 108 cm³/mol. The van der Waals surface area contributed by atoms with Crippen molar-refractivity contribution in [2.75, 3.05) is 39.8 Å². The van der Waals surface area contributed by atoms with Crippen LogP contribution in [-0.2, 0) is 23.6 Å². The number of rotatable bonds is 2. The predicted octanol–water partition coefficient (Wildman–Crippen LogP) is -0.126. The number of morpholine rings is 1. The number of amides is 1. The molecule has 2 saturated heterocycles. The highest BCUT2D eigenvalue weighted by Gasteiger charge is 2.32. The molecule has 2 aromatic rings. The first-order valence-electron chi connectivity index (χ1n) is 10.0. The zero-order valence-electron chi connectivity index (χ0n) is 17.1. The highest BCUT2D eigenvalue weighted by molar-refractivity contribution is 5.79. The molecule has 2 aromatic heterocycles. The number of piperidine rings is 1. The molecule has 0 radical (unpaired) electrons. The summed E-state index contributed by atoms with van der Waals surface area (Å²) in [5.41, 5.74) is 0.168. The normalized spacial score (nSPS) is 21.6. The van der Waals surface area contributed by atoms with Crippen molar-refractivity contribution in [3.63, 3.8) is 0 Å². The van der Waals surface area contributed by atoms with E-state index in [1.807, 2.05) is 4.90 Å². The molecule has 0 aromatic carbocycles. The summed E-state index contributed by atoms with van der Waals surface area (Å²) in [5, 5.41) is 0.383. The van der Waals surface area contributed by atoms with E-state index in [9.17, 15) is 14.4 Å². The number of ether oxygens (including phenoxy) is 1. The minimum absolute atomic E-state index is 0.0679. The number of likely N-dealkylation sites (tertiary alicyclic amines) is 1. The highest BCUT2D eigenvalue weighted by atomic mass is 16.5. The molecule has 0 spiro atoms. The molecule has 0 aliphatic carbocycles. The molecule has 2 aliphatic rings. The lowest BCUT2D eigenvalue weighted by Crippen LogP contribution is -2.47. The van der Waals surface area contributed by atoms with Crippen LogP contribution in [0.15, 0.2) is 21.7 Å². The monoisotopic (exact) mass is 401 g/mol. The molecular formula is C20H27N5O4. The Hall–Kier alpha value is -2.52. The van der Waals surface area contributed by atoms with Gasteiger partial charge in [-0.2, -0.15) is 0 Å². The van der Waals surface area contributed by atoms with Crippen molar-refractivity contribution in [1.82, 2.24) is 23.9 Å². The summed E-state index contributed by atoms with van der Waals surface area (Å²) in [6, 6.07) is 3.43. The molecule has 0 N–H and O–H groups in total. The van der Waals surface area contributed by atoms with Crippen LogP contribution in [0.4, 0.5) is 0 Å². The van der Waals surface area contributed by atoms with Gasteiger partial charge in [-0.3, -0.25) is 18.7 Å². The number of nitrogens with zero attached hydrogens (tertiary/aromatic N) is 5. The number of carbonyl (C=O) groups is 1. The average Bonchev–Trinajstić information content (AvgIpc) is 2.76. The van der Waals surface area contributed by atoms with E-state index in [-0.39, 0.29) is 23.5 Å². The zero-order chi connectivity index (χ0) is 20.7. The summed E-state index contributed by atoms with van der Waals surface area (Å²) in [4.78, 5) is 46.2. The van der Waals surface area contributed by atoms with Crippen LogP contribution < -0.4 is 11.2 Å². The Morgan fingerprint density at radius 1 is 1.07 bits per heavy atom. The van der Waals surface area contributed by atoms with Gasteiger partial charge in [0.1, 0.15) is 11.8 Å². The molecule has 1 amide bonds. The molecular weight excluding hydrogens is 374 g/mol. The van der Waals surface area contributed by atoms with E-state index in [4.69, 9.17) is 4.74 Å². The van der Waals surface area contributed by atoms with Crippen LogP contribution in [0.3, 0.4) is 0 Å². The summed E-state index contributed by atoms with van der Waals surface area (Å²) < 4.78 is 8.32. The molecule has 4 heterocycles. The first-order valence-corrected chi connectivity index (χ1v) is 10.0. The minimum Gasteiger partial charge on any atom is -0.368 e. The third kappa shape index (κ3) is 3.60. The first-order chi connectivity index (χ1) is 13.9. The van der Waals surface area contributed by atoms with Gasteiger partial charge in [0.25, 0.3) is 5.56 Å². The summed E-state index contributed by atoms with van der Waals surface area (Å²) in [6.45, 7) is 3.34.